The molecule has 2 unspecified atom stereocenters. The Morgan fingerprint density at radius 2 is 1.89 bits per heavy atom. The molecule has 2 N–H and O–H groups in total. The monoisotopic (exact) mass is 272 g/mol. The van der Waals surface area contributed by atoms with E-state index in [1.54, 1.807) is 12.1 Å². The molecule has 0 aliphatic carbocycles. The van der Waals surface area contributed by atoms with Gasteiger partial charge in [-0.1, -0.05) is 12.1 Å². The average molecular weight is 272 g/mol. The van der Waals surface area contributed by atoms with Crippen LogP contribution < -0.4 is 5.73 Å². The quantitative estimate of drug-likeness (QED) is 0.896. The van der Waals surface area contributed by atoms with Gasteiger partial charge in [-0.05, 0) is 50.0 Å². The van der Waals surface area contributed by atoms with Crippen LogP contribution in [0.1, 0.15) is 17.5 Å². The molecular formula is C14H19F3N2. The highest BCUT2D eigenvalue weighted by Crippen LogP contribution is 2.29. The molecule has 1 saturated heterocycles. The van der Waals surface area contributed by atoms with E-state index in [1.165, 1.54) is 0 Å². The van der Waals surface area contributed by atoms with Crippen LogP contribution in [0.2, 0.25) is 0 Å². The molecule has 0 aromatic heterocycles. The molecule has 0 amide bonds. The van der Waals surface area contributed by atoms with Gasteiger partial charge in [0, 0.05) is 12.6 Å². The van der Waals surface area contributed by atoms with Crippen molar-refractivity contribution in [3.63, 3.8) is 0 Å². The van der Waals surface area contributed by atoms with Gasteiger partial charge in [0.25, 0.3) is 0 Å². The zero-order chi connectivity index (χ0) is 14.0. The molecule has 19 heavy (non-hydrogen) atoms. The van der Waals surface area contributed by atoms with Gasteiger partial charge >= 0.3 is 6.18 Å². The van der Waals surface area contributed by atoms with Crippen LogP contribution in [-0.4, -0.2) is 31.1 Å². The average Bonchev–Trinajstić information content (AvgIpc) is 2.33. The minimum Gasteiger partial charge on any atom is -0.327 e. The normalized spacial score (nSPS) is 25.5. The van der Waals surface area contributed by atoms with Crippen LogP contribution in [-0.2, 0) is 12.6 Å². The number of alkyl halides is 3. The summed E-state index contributed by atoms with van der Waals surface area (Å²) in [6.07, 6.45) is -2.58. The first-order chi connectivity index (χ1) is 8.86. The molecule has 106 valence electrons. The summed E-state index contributed by atoms with van der Waals surface area (Å²) in [6, 6.07) is 5.55. The Bertz CT molecular complexity index is 414. The van der Waals surface area contributed by atoms with Gasteiger partial charge in [-0.2, -0.15) is 13.2 Å². The zero-order valence-electron chi connectivity index (χ0n) is 11.0. The van der Waals surface area contributed by atoms with Crippen LogP contribution >= 0.6 is 0 Å². The topological polar surface area (TPSA) is 29.3 Å². The van der Waals surface area contributed by atoms with Gasteiger partial charge in [0.2, 0.25) is 0 Å². The summed E-state index contributed by atoms with van der Waals surface area (Å²) in [5, 5.41) is 0. The van der Waals surface area contributed by atoms with Gasteiger partial charge in [0.1, 0.15) is 0 Å². The van der Waals surface area contributed by atoms with Crippen molar-refractivity contribution in [1.82, 2.24) is 4.90 Å². The Balaban J connectivity index is 2.03. The highest BCUT2D eigenvalue weighted by atomic mass is 19.4. The van der Waals surface area contributed by atoms with Crippen molar-refractivity contribution in [2.45, 2.75) is 25.1 Å². The summed E-state index contributed by atoms with van der Waals surface area (Å²) < 4.78 is 37.4. The first kappa shape index (κ1) is 14.3. The van der Waals surface area contributed by atoms with Crippen molar-refractivity contribution in [3.05, 3.63) is 35.4 Å². The molecular weight excluding hydrogens is 253 g/mol. The van der Waals surface area contributed by atoms with E-state index >= 15 is 0 Å². The third-order valence-electron chi connectivity index (χ3n) is 3.77. The molecule has 1 fully saturated rings. The van der Waals surface area contributed by atoms with Gasteiger partial charge in [0.15, 0.2) is 0 Å². The number of nitrogens with zero attached hydrogens (tertiary/aromatic N) is 1. The molecule has 1 aliphatic rings. The molecule has 1 aliphatic heterocycles. The highest BCUT2D eigenvalue weighted by molar-refractivity contribution is 5.25. The maximum absolute atomic E-state index is 12.5. The van der Waals surface area contributed by atoms with E-state index in [4.69, 9.17) is 5.73 Å². The first-order valence-electron chi connectivity index (χ1n) is 6.46. The standard InChI is InChI=1S/C14H19F3N2/c1-19-7-6-13(18)11(9-19)8-10-2-4-12(5-3-10)14(15,16)17/h2-5,11,13H,6-9,18H2,1H3. The van der Waals surface area contributed by atoms with Crippen molar-refractivity contribution in [2.75, 3.05) is 20.1 Å². The van der Waals surface area contributed by atoms with Gasteiger partial charge in [-0.15, -0.1) is 0 Å². The summed E-state index contributed by atoms with van der Waals surface area (Å²) in [5.41, 5.74) is 6.41. The third-order valence-corrected chi connectivity index (χ3v) is 3.77. The molecule has 5 heteroatoms. The SMILES string of the molecule is CN1CCC(N)C(Cc2ccc(C(F)(F)F)cc2)C1. The van der Waals surface area contributed by atoms with Crippen molar-refractivity contribution < 1.29 is 13.2 Å². The molecule has 1 aromatic rings. The summed E-state index contributed by atoms with van der Waals surface area (Å²) in [6.45, 7) is 1.90. The summed E-state index contributed by atoms with van der Waals surface area (Å²) in [4.78, 5) is 2.22. The number of nitrogens with two attached hydrogens (primary N) is 1. The summed E-state index contributed by atoms with van der Waals surface area (Å²) in [7, 11) is 2.05. The van der Waals surface area contributed by atoms with Crippen LogP contribution in [0.4, 0.5) is 13.2 Å². The number of hydrogen-bond donors (Lipinski definition) is 1. The molecule has 0 saturated carbocycles. The van der Waals surface area contributed by atoms with E-state index in [2.05, 4.69) is 4.90 Å². The summed E-state index contributed by atoms with van der Waals surface area (Å²) in [5.74, 6) is 0.315. The molecule has 0 spiro atoms. The van der Waals surface area contributed by atoms with E-state index in [0.29, 0.717) is 5.92 Å². The van der Waals surface area contributed by atoms with Crippen LogP contribution in [0, 0.1) is 5.92 Å². The molecule has 0 bridgehead atoms. The fraction of sp³-hybridized carbons (Fsp3) is 0.571. The molecule has 1 heterocycles. The second-order valence-electron chi connectivity index (χ2n) is 5.37. The lowest BCUT2D eigenvalue weighted by Crippen LogP contribution is -2.46. The van der Waals surface area contributed by atoms with E-state index in [-0.39, 0.29) is 6.04 Å². The first-order valence-corrected chi connectivity index (χ1v) is 6.46. The van der Waals surface area contributed by atoms with Crippen molar-refractivity contribution in [1.29, 1.82) is 0 Å². The Morgan fingerprint density at radius 1 is 1.26 bits per heavy atom. The Morgan fingerprint density at radius 3 is 2.47 bits per heavy atom. The second kappa shape index (κ2) is 5.51. The molecule has 2 nitrogen and oxygen atoms in total. The molecule has 2 rings (SSSR count). The lowest BCUT2D eigenvalue weighted by atomic mass is 9.87. The van der Waals surface area contributed by atoms with Gasteiger partial charge in [-0.25, -0.2) is 0 Å². The lowest BCUT2D eigenvalue weighted by Gasteiger charge is -2.34. The number of hydrogen-bond acceptors (Lipinski definition) is 2. The van der Waals surface area contributed by atoms with Crippen LogP contribution in [0.3, 0.4) is 0 Å². The van der Waals surface area contributed by atoms with Crippen molar-refractivity contribution >= 4 is 0 Å². The Hall–Kier alpha value is -1.07. The number of likely N-dealkylation sites (tertiary alicyclic amines) is 1. The Kier molecular flexibility index (Phi) is 4.16. The van der Waals surface area contributed by atoms with E-state index in [0.717, 1.165) is 43.6 Å². The van der Waals surface area contributed by atoms with E-state index in [9.17, 15) is 13.2 Å². The molecule has 1 aromatic carbocycles. The maximum Gasteiger partial charge on any atom is 0.416 e. The fourth-order valence-corrected chi connectivity index (χ4v) is 2.58. The minimum absolute atomic E-state index is 0.137. The number of benzene rings is 1. The van der Waals surface area contributed by atoms with Crippen LogP contribution in [0.25, 0.3) is 0 Å². The van der Waals surface area contributed by atoms with E-state index < -0.39 is 11.7 Å². The highest BCUT2D eigenvalue weighted by Gasteiger charge is 2.30. The maximum atomic E-state index is 12.5. The molecule has 2 atom stereocenters. The van der Waals surface area contributed by atoms with E-state index in [1.807, 2.05) is 7.05 Å². The summed E-state index contributed by atoms with van der Waals surface area (Å²) >= 11 is 0. The third kappa shape index (κ3) is 3.70. The van der Waals surface area contributed by atoms with Crippen molar-refractivity contribution in [3.8, 4) is 0 Å². The largest absolute Gasteiger partial charge is 0.416 e. The van der Waals surface area contributed by atoms with Gasteiger partial charge < -0.3 is 10.6 Å². The van der Waals surface area contributed by atoms with Gasteiger partial charge in [-0.3, -0.25) is 0 Å². The molecule has 0 radical (unpaired) electrons. The number of piperidine rings is 1. The Labute approximate surface area is 111 Å². The van der Waals surface area contributed by atoms with Crippen LogP contribution in [0.15, 0.2) is 24.3 Å². The van der Waals surface area contributed by atoms with Crippen LogP contribution in [0.5, 0.6) is 0 Å². The smallest absolute Gasteiger partial charge is 0.327 e. The predicted octanol–water partition coefficient (Wildman–Crippen LogP) is 2.53. The lowest BCUT2D eigenvalue weighted by molar-refractivity contribution is -0.137. The second-order valence-corrected chi connectivity index (χ2v) is 5.37. The number of rotatable bonds is 2. The fourth-order valence-electron chi connectivity index (χ4n) is 2.58. The number of halogens is 3. The predicted molar refractivity (Wildman–Crippen MR) is 68.7 cm³/mol. The van der Waals surface area contributed by atoms with Gasteiger partial charge in [0.05, 0.1) is 5.56 Å². The van der Waals surface area contributed by atoms with Crippen molar-refractivity contribution in [2.24, 2.45) is 11.7 Å². The minimum atomic E-state index is -4.26. The zero-order valence-corrected chi connectivity index (χ0v) is 11.0.